The molecular formula is C13H12N4OS. The van der Waals surface area contributed by atoms with Crippen LogP contribution in [-0.2, 0) is 11.2 Å². The lowest BCUT2D eigenvalue weighted by molar-refractivity contribution is -0.115. The maximum absolute atomic E-state index is 11.9. The number of rotatable bonds is 3. The van der Waals surface area contributed by atoms with Gasteiger partial charge in [-0.2, -0.15) is 0 Å². The van der Waals surface area contributed by atoms with Crippen molar-refractivity contribution >= 4 is 33.3 Å². The maximum atomic E-state index is 11.9. The lowest BCUT2D eigenvalue weighted by atomic mass is 10.1. The van der Waals surface area contributed by atoms with Gasteiger partial charge in [-0.05, 0) is 18.6 Å². The molecule has 0 bridgehead atoms. The zero-order chi connectivity index (χ0) is 13.2. The molecule has 5 nitrogen and oxygen atoms in total. The summed E-state index contributed by atoms with van der Waals surface area (Å²) in [6, 6.07) is 7.92. The van der Waals surface area contributed by atoms with E-state index >= 15 is 0 Å². The molecule has 0 atom stereocenters. The smallest absolute Gasteiger partial charge is 0.230 e. The molecule has 0 aliphatic heterocycles. The molecule has 3 rings (SSSR count). The van der Waals surface area contributed by atoms with E-state index in [2.05, 4.69) is 20.5 Å². The van der Waals surface area contributed by atoms with Crippen molar-refractivity contribution < 1.29 is 4.79 Å². The third kappa shape index (κ3) is 2.48. The van der Waals surface area contributed by atoms with Crippen LogP contribution in [0.5, 0.6) is 0 Å². The van der Waals surface area contributed by atoms with Gasteiger partial charge in [-0.25, -0.2) is 0 Å². The van der Waals surface area contributed by atoms with Crippen molar-refractivity contribution in [2.24, 2.45) is 0 Å². The Morgan fingerprint density at radius 1 is 1.37 bits per heavy atom. The lowest BCUT2D eigenvalue weighted by Crippen LogP contribution is -2.14. The van der Waals surface area contributed by atoms with Crippen molar-refractivity contribution in [1.82, 2.24) is 15.2 Å². The summed E-state index contributed by atoms with van der Waals surface area (Å²) in [7, 11) is 0. The fourth-order valence-electron chi connectivity index (χ4n) is 1.96. The van der Waals surface area contributed by atoms with Crippen LogP contribution in [0.25, 0.3) is 10.9 Å². The number of carbonyl (C=O) groups is 1. The molecule has 0 unspecified atom stereocenters. The molecule has 2 aromatic heterocycles. The van der Waals surface area contributed by atoms with Gasteiger partial charge < -0.3 is 10.3 Å². The van der Waals surface area contributed by atoms with Gasteiger partial charge in [0.1, 0.15) is 5.01 Å². The van der Waals surface area contributed by atoms with Gasteiger partial charge in [0, 0.05) is 17.1 Å². The van der Waals surface area contributed by atoms with Gasteiger partial charge in [0.2, 0.25) is 11.0 Å². The molecule has 0 aliphatic rings. The Morgan fingerprint density at radius 3 is 3.00 bits per heavy atom. The van der Waals surface area contributed by atoms with E-state index in [9.17, 15) is 4.79 Å². The number of H-pyrrole nitrogens is 1. The fraction of sp³-hybridized carbons (Fsp3) is 0.154. The minimum absolute atomic E-state index is 0.0825. The first-order valence-electron chi connectivity index (χ1n) is 5.87. The van der Waals surface area contributed by atoms with E-state index < -0.39 is 0 Å². The van der Waals surface area contributed by atoms with Crippen LogP contribution >= 0.6 is 11.3 Å². The average Bonchev–Trinajstić information content (AvgIpc) is 2.97. The van der Waals surface area contributed by atoms with Gasteiger partial charge in [0.25, 0.3) is 0 Å². The van der Waals surface area contributed by atoms with Crippen LogP contribution in [0.2, 0.25) is 0 Å². The quantitative estimate of drug-likeness (QED) is 0.769. The van der Waals surface area contributed by atoms with Crippen molar-refractivity contribution in [2.75, 3.05) is 5.32 Å². The summed E-state index contributed by atoms with van der Waals surface area (Å²) in [5, 5.41) is 13.0. The third-order valence-corrected chi connectivity index (χ3v) is 3.55. The molecule has 1 aromatic carbocycles. The van der Waals surface area contributed by atoms with E-state index in [1.165, 1.54) is 11.3 Å². The van der Waals surface area contributed by atoms with Crippen LogP contribution in [0, 0.1) is 6.92 Å². The van der Waals surface area contributed by atoms with Crippen molar-refractivity contribution in [3.63, 3.8) is 0 Å². The van der Waals surface area contributed by atoms with Crippen LogP contribution < -0.4 is 5.32 Å². The number of nitrogens with zero attached hydrogens (tertiary/aromatic N) is 2. The summed E-state index contributed by atoms with van der Waals surface area (Å²) in [5.41, 5.74) is 2.02. The number of amides is 1. The molecule has 2 heterocycles. The highest BCUT2D eigenvalue weighted by molar-refractivity contribution is 7.15. The monoisotopic (exact) mass is 272 g/mol. The summed E-state index contributed by atoms with van der Waals surface area (Å²) in [6.45, 7) is 1.85. The van der Waals surface area contributed by atoms with E-state index in [1.807, 2.05) is 37.4 Å². The highest BCUT2D eigenvalue weighted by atomic mass is 32.1. The second-order valence-electron chi connectivity index (χ2n) is 4.21. The van der Waals surface area contributed by atoms with Crippen molar-refractivity contribution in [3.8, 4) is 0 Å². The van der Waals surface area contributed by atoms with Gasteiger partial charge in [-0.15, -0.1) is 10.2 Å². The minimum atomic E-state index is -0.0825. The second-order valence-corrected chi connectivity index (χ2v) is 5.39. The Morgan fingerprint density at radius 2 is 2.21 bits per heavy atom. The van der Waals surface area contributed by atoms with Crippen molar-refractivity contribution in [1.29, 1.82) is 0 Å². The number of carbonyl (C=O) groups excluding carboxylic acids is 1. The Bertz CT molecular complexity index is 731. The summed E-state index contributed by atoms with van der Waals surface area (Å²) >= 11 is 1.37. The number of hydrogen-bond donors (Lipinski definition) is 2. The second kappa shape index (κ2) is 4.81. The number of aromatic amines is 1. The zero-order valence-electron chi connectivity index (χ0n) is 10.3. The standard InChI is InChI=1S/C13H12N4OS/c1-8-16-17-13(19-8)15-12(18)6-9-7-14-11-5-3-2-4-10(9)11/h2-5,7,14H,6H2,1H3,(H,15,17,18). The highest BCUT2D eigenvalue weighted by Crippen LogP contribution is 2.19. The number of anilines is 1. The topological polar surface area (TPSA) is 70.7 Å². The van der Waals surface area contributed by atoms with Crippen LogP contribution in [0.3, 0.4) is 0 Å². The molecular weight excluding hydrogens is 260 g/mol. The van der Waals surface area contributed by atoms with E-state index in [0.29, 0.717) is 11.6 Å². The summed E-state index contributed by atoms with van der Waals surface area (Å²) in [4.78, 5) is 15.1. The Hall–Kier alpha value is -2.21. The first kappa shape index (κ1) is 11.9. The number of fused-ring (bicyclic) bond motifs is 1. The average molecular weight is 272 g/mol. The van der Waals surface area contributed by atoms with E-state index in [1.54, 1.807) is 0 Å². The molecule has 2 N–H and O–H groups in total. The van der Waals surface area contributed by atoms with Crippen LogP contribution in [0.1, 0.15) is 10.6 Å². The maximum Gasteiger partial charge on any atom is 0.230 e. The molecule has 1 amide bonds. The number of nitrogens with one attached hydrogen (secondary N) is 2. The Labute approximate surface area is 113 Å². The molecule has 0 radical (unpaired) electrons. The highest BCUT2D eigenvalue weighted by Gasteiger charge is 2.10. The number of aryl methyl sites for hydroxylation is 1. The summed E-state index contributed by atoms with van der Waals surface area (Å²) < 4.78 is 0. The number of hydrogen-bond acceptors (Lipinski definition) is 4. The molecule has 0 saturated carbocycles. The van der Waals surface area contributed by atoms with E-state index in [4.69, 9.17) is 0 Å². The number of para-hydroxylation sites is 1. The van der Waals surface area contributed by atoms with Crippen molar-refractivity contribution in [2.45, 2.75) is 13.3 Å². The summed E-state index contributed by atoms with van der Waals surface area (Å²) in [6.07, 6.45) is 2.19. The van der Waals surface area contributed by atoms with Gasteiger partial charge in [0.05, 0.1) is 6.42 Å². The fourth-order valence-corrected chi connectivity index (χ4v) is 2.57. The minimum Gasteiger partial charge on any atom is -0.361 e. The molecule has 6 heteroatoms. The Balaban J connectivity index is 1.76. The van der Waals surface area contributed by atoms with E-state index in [0.717, 1.165) is 21.5 Å². The van der Waals surface area contributed by atoms with Crippen LogP contribution in [0.4, 0.5) is 5.13 Å². The largest absolute Gasteiger partial charge is 0.361 e. The van der Waals surface area contributed by atoms with Gasteiger partial charge in [0.15, 0.2) is 0 Å². The Kier molecular flexibility index (Phi) is 3.00. The number of benzene rings is 1. The molecule has 0 spiro atoms. The molecule has 3 aromatic rings. The molecule has 0 fully saturated rings. The SMILES string of the molecule is Cc1nnc(NC(=O)Cc2c[nH]c3ccccc23)s1. The summed E-state index contributed by atoms with van der Waals surface area (Å²) in [5.74, 6) is -0.0825. The molecule has 96 valence electrons. The normalized spacial score (nSPS) is 10.8. The van der Waals surface area contributed by atoms with Crippen molar-refractivity contribution in [3.05, 3.63) is 41.0 Å². The lowest BCUT2D eigenvalue weighted by Gasteiger charge is -2.00. The van der Waals surface area contributed by atoms with Gasteiger partial charge >= 0.3 is 0 Å². The predicted octanol–water partition coefficient (Wildman–Crippen LogP) is 2.51. The third-order valence-electron chi connectivity index (χ3n) is 2.80. The predicted molar refractivity (Wildman–Crippen MR) is 75.3 cm³/mol. The van der Waals surface area contributed by atoms with E-state index in [-0.39, 0.29) is 5.91 Å². The first-order valence-corrected chi connectivity index (χ1v) is 6.69. The van der Waals surface area contributed by atoms with Crippen LogP contribution in [-0.4, -0.2) is 21.1 Å². The first-order chi connectivity index (χ1) is 9.22. The van der Waals surface area contributed by atoms with Crippen LogP contribution in [0.15, 0.2) is 30.5 Å². The zero-order valence-corrected chi connectivity index (χ0v) is 11.1. The molecule has 19 heavy (non-hydrogen) atoms. The molecule has 0 aliphatic carbocycles. The van der Waals surface area contributed by atoms with Gasteiger partial charge in [-0.3, -0.25) is 4.79 Å². The van der Waals surface area contributed by atoms with Gasteiger partial charge in [-0.1, -0.05) is 29.5 Å². The number of aromatic nitrogens is 3. The molecule has 0 saturated heterocycles.